The van der Waals surface area contributed by atoms with E-state index in [1.807, 2.05) is 11.1 Å². The van der Waals surface area contributed by atoms with Gasteiger partial charge in [0.25, 0.3) is 0 Å². The van der Waals surface area contributed by atoms with Gasteiger partial charge in [-0.15, -0.1) is 24.8 Å². The van der Waals surface area contributed by atoms with Gasteiger partial charge in [-0.1, -0.05) is 0 Å². The largest absolute Gasteiger partial charge is 0.147 e. The first kappa shape index (κ1) is 31.3. The van der Waals surface area contributed by atoms with Gasteiger partial charge in [0.15, 0.2) is 0 Å². The SMILES string of the molecule is CCCCC1=Cc2c(ccc3ccccc23)[CH]1[Hf]1([CH]2C(CCCC)=Cc3c2ccc2ccccc32)[CH]2CCCC[CH]21.Cl.Cl. The number of halogens is 2. The van der Waals surface area contributed by atoms with Gasteiger partial charge in [-0.25, -0.2) is 0 Å². The number of hydrogen-bond acceptors (Lipinski definition) is 0. The molecule has 3 heteroatoms. The maximum atomic E-state index is 2.73. The first-order chi connectivity index (χ1) is 20.3. The van der Waals surface area contributed by atoms with E-state index in [0.29, 0.717) is 0 Å². The number of hydrogen-bond donors (Lipinski definition) is 0. The van der Waals surface area contributed by atoms with Gasteiger partial charge in [0, 0.05) is 0 Å². The molecule has 43 heavy (non-hydrogen) atoms. The summed E-state index contributed by atoms with van der Waals surface area (Å²) < 4.78 is 3.68. The van der Waals surface area contributed by atoms with Crippen molar-refractivity contribution in [2.75, 3.05) is 0 Å². The predicted molar refractivity (Wildman–Crippen MR) is 189 cm³/mol. The number of fused-ring (bicyclic) bond motifs is 7. The number of benzene rings is 4. The van der Waals surface area contributed by atoms with Crippen molar-refractivity contribution in [2.24, 2.45) is 0 Å². The molecule has 8 rings (SSSR count). The van der Waals surface area contributed by atoms with Gasteiger partial charge in [0.05, 0.1) is 0 Å². The van der Waals surface area contributed by atoms with Crippen LogP contribution in [0.15, 0.2) is 83.9 Å². The fourth-order valence-corrected chi connectivity index (χ4v) is 45.4. The Morgan fingerprint density at radius 1 is 0.581 bits per heavy atom. The summed E-state index contributed by atoms with van der Waals surface area (Å²) in [7, 11) is 0. The molecule has 4 aromatic rings. The summed E-state index contributed by atoms with van der Waals surface area (Å²) in [5.74, 6) is 0. The van der Waals surface area contributed by atoms with Crippen LogP contribution in [0.5, 0.6) is 0 Å². The van der Waals surface area contributed by atoms with Gasteiger partial charge in [0.2, 0.25) is 0 Å². The molecule has 3 aliphatic carbocycles. The zero-order valence-electron chi connectivity index (χ0n) is 25.8. The minimum atomic E-state index is -3.11. The Hall–Kier alpha value is -1.67. The molecule has 0 radical (unpaired) electrons. The fraction of sp³-hybridized carbons (Fsp3) is 0.400. The van der Waals surface area contributed by atoms with Crippen molar-refractivity contribution in [3.05, 3.63) is 106 Å². The Bertz CT molecular complexity index is 1590. The van der Waals surface area contributed by atoms with Crippen LogP contribution >= 0.6 is 24.8 Å². The monoisotopic (exact) mass is 776 g/mol. The normalized spacial score (nSPS) is 26.6. The third kappa shape index (κ3) is 4.78. The number of allylic oxidation sites excluding steroid dienone is 2. The molecule has 224 valence electrons. The smallest absolute Gasteiger partial charge is 0.147 e. The fourth-order valence-electron chi connectivity index (χ4n) is 10.0. The van der Waals surface area contributed by atoms with Gasteiger partial charge in [0.1, 0.15) is 0 Å². The molecule has 4 atom stereocenters. The maximum absolute atomic E-state index is 3.11. The van der Waals surface area contributed by atoms with Crippen molar-refractivity contribution in [3.8, 4) is 0 Å². The molecule has 4 unspecified atom stereocenters. The quantitative estimate of drug-likeness (QED) is 0.156. The molecular weight excluding hydrogens is 730 g/mol. The third-order valence-corrected chi connectivity index (χ3v) is 36.5. The summed E-state index contributed by atoms with van der Waals surface area (Å²) in [4.78, 5) is 0. The Kier molecular flexibility index (Phi) is 9.19. The third-order valence-electron chi connectivity index (χ3n) is 11.6. The van der Waals surface area contributed by atoms with E-state index in [4.69, 9.17) is 0 Å². The molecule has 0 nitrogen and oxygen atoms in total. The average molecular weight is 776 g/mol. The molecule has 0 spiro atoms. The summed E-state index contributed by atoms with van der Waals surface area (Å²) in [6.45, 7) is 4.77. The van der Waals surface area contributed by atoms with Gasteiger partial charge in [-0.05, 0) is 0 Å². The minimum Gasteiger partial charge on any atom is -0.147 e. The standard InChI is InChI=1S/2C17H17.C6H10.2ClH.Hf/c2*1-2-3-6-13-11-15-10-9-14-7-4-5-8-16(14)17(15)12-13;1-2-4-6-5-3-1;;;/h2*4-5,7-12H,2-3,6H2,1H3;1-2H,3-6H2;2*1H;. The van der Waals surface area contributed by atoms with E-state index in [1.165, 1.54) is 85.8 Å². The molecule has 4 aromatic carbocycles. The molecule has 2 fully saturated rings. The van der Waals surface area contributed by atoms with E-state index in [-0.39, 0.29) is 24.8 Å². The Morgan fingerprint density at radius 2 is 1.02 bits per heavy atom. The van der Waals surface area contributed by atoms with Crippen LogP contribution in [0.25, 0.3) is 33.7 Å². The average Bonchev–Trinajstić information content (AvgIpc) is 3.31. The van der Waals surface area contributed by atoms with Crippen LogP contribution in [-0.2, 0) is 20.0 Å². The molecule has 4 aliphatic rings. The Morgan fingerprint density at radius 3 is 1.47 bits per heavy atom. The van der Waals surface area contributed by atoms with Crippen molar-refractivity contribution in [3.63, 3.8) is 0 Å². The summed E-state index contributed by atoms with van der Waals surface area (Å²) in [5, 5.41) is 5.82. The van der Waals surface area contributed by atoms with Crippen LogP contribution in [-0.4, -0.2) is 0 Å². The van der Waals surface area contributed by atoms with E-state index in [2.05, 4.69) is 98.8 Å². The molecular formula is C40H46Cl2Hf. The molecule has 1 aliphatic heterocycles. The van der Waals surface area contributed by atoms with Crippen molar-refractivity contribution >= 4 is 58.5 Å². The summed E-state index contributed by atoms with van der Waals surface area (Å²) in [6.07, 6.45) is 19.3. The van der Waals surface area contributed by atoms with E-state index in [9.17, 15) is 0 Å². The molecule has 1 saturated heterocycles. The van der Waals surface area contributed by atoms with Gasteiger partial charge in [-0.2, -0.15) is 0 Å². The van der Waals surface area contributed by atoms with E-state index >= 15 is 0 Å². The zero-order chi connectivity index (χ0) is 27.6. The summed E-state index contributed by atoms with van der Waals surface area (Å²) >= 11 is -3.11. The van der Waals surface area contributed by atoms with Crippen LogP contribution in [0.1, 0.15) is 108 Å². The van der Waals surface area contributed by atoms with Crippen LogP contribution in [0.4, 0.5) is 0 Å². The maximum Gasteiger partial charge on any atom is -0.147 e. The zero-order valence-corrected chi connectivity index (χ0v) is 31.0. The van der Waals surface area contributed by atoms with Crippen molar-refractivity contribution in [1.29, 1.82) is 0 Å². The van der Waals surface area contributed by atoms with Gasteiger partial charge < -0.3 is 0 Å². The van der Waals surface area contributed by atoms with E-state index in [1.54, 1.807) is 22.3 Å². The molecule has 0 bridgehead atoms. The van der Waals surface area contributed by atoms with Crippen LogP contribution in [0.2, 0.25) is 7.35 Å². The number of rotatable bonds is 8. The molecule has 1 heterocycles. The Labute approximate surface area is 275 Å². The minimum absolute atomic E-state index is 0. The van der Waals surface area contributed by atoms with Crippen molar-refractivity contribution in [1.82, 2.24) is 0 Å². The predicted octanol–water partition coefficient (Wildman–Crippen LogP) is 13.1. The molecule has 1 saturated carbocycles. The van der Waals surface area contributed by atoms with Gasteiger partial charge in [-0.3, -0.25) is 0 Å². The number of unbranched alkanes of at least 4 members (excludes halogenated alkanes) is 2. The van der Waals surface area contributed by atoms with Crippen LogP contribution < -0.4 is 0 Å². The van der Waals surface area contributed by atoms with E-state index in [0.717, 1.165) is 14.7 Å². The van der Waals surface area contributed by atoms with Crippen molar-refractivity contribution < 1.29 is 20.0 Å². The first-order valence-corrected chi connectivity index (χ1v) is 25.0. The molecule has 0 N–H and O–H groups in total. The van der Waals surface area contributed by atoms with E-state index < -0.39 is 20.0 Å². The van der Waals surface area contributed by atoms with Gasteiger partial charge >= 0.3 is 253 Å². The summed E-state index contributed by atoms with van der Waals surface area (Å²) in [5.41, 5.74) is 10.4. The second kappa shape index (κ2) is 12.6. The van der Waals surface area contributed by atoms with Crippen LogP contribution in [0.3, 0.4) is 0 Å². The molecule has 0 aromatic heterocycles. The topological polar surface area (TPSA) is 0 Å². The first-order valence-electron chi connectivity index (χ1n) is 16.7. The second-order valence-electron chi connectivity index (χ2n) is 13.6. The second-order valence-corrected chi connectivity index (χ2v) is 30.3. The van der Waals surface area contributed by atoms with Crippen molar-refractivity contribution in [2.45, 2.75) is 92.8 Å². The summed E-state index contributed by atoms with van der Waals surface area (Å²) in [6, 6.07) is 28.5. The Balaban J connectivity index is 0.00000165. The molecule has 0 amide bonds. The van der Waals surface area contributed by atoms with Crippen LogP contribution in [0, 0.1) is 0 Å².